The number of thiol groups is 1. The Labute approximate surface area is 158 Å². The van der Waals surface area contributed by atoms with Crippen LogP contribution in [0.3, 0.4) is 0 Å². The summed E-state index contributed by atoms with van der Waals surface area (Å²) in [6.07, 6.45) is 1.36. The summed E-state index contributed by atoms with van der Waals surface area (Å²) >= 11 is 4.08. The second-order valence-corrected chi connectivity index (χ2v) is 7.09. The fourth-order valence-corrected chi connectivity index (χ4v) is 3.15. The quantitative estimate of drug-likeness (QED) is 0.320. The van der Waals surface area contributed by atoms with Crippen LogP contribution in [0.15, 0.2) is 0 Å². The van der Waals surface area contributed by atoms with Crippen molar-refractivity contribution < 1.29 is 24.3 Å². The Morgan fingerprint density at radius 3 is 2.38 bits per heavy atom. The molecule has 10 heteroatoms. The Balaban J connectivity index is 2.81. The van der Waals surface area contributed by atoms with Gasteiger partial charge in [0.1, 0.15) is 18.1 Å². The number of carboxylic acids is 1. The number of nitrogens with zero attached hydrogens (tertiary/aromatic N) is 1. The Morgan fingerprint density at radius 1 is 1.23 bits per heavy atom. The minimum atomic E-state index is -1.11. The van der Waals surface area contributed by atoms with Gasteiger partial charge in [-0.15, -0.1) is 0 Å². The van der Waals surface area contributed by atoms with Gasteiger partial charge in [-0.05, 0) is 25.2 Å². The molecular weight excluding hydrogens is 360 g/mol. The molecule has 0 saturated carbocycles. The van der Waals surface area contributed by atoms with Crippen molar-refractivity contribution in [3.63, 3.8) is 0 Å². The van der Waals surface area contributed by atoms with Crippen molar-refractivity contribution in [3.8, 4) is 0 Å². The van der Waals surface area contributed by atoms with Crippen LogP contribution in [0.25, 0.3) is 0 Å². The van der Waals surface area contributed by atoms with Gasteiger partial charge in [0, 0.05) is 12.3 Å². The van der Waals surface area contributed by atoms with E-state index < -0.39 is 41.8 Å². The molecule has 148 valence electrons. The lowest BCUT2D eigenvalue weighted by Crippen LogP contribution is -2.56. The van der Waals surface area contributed by atoms with E-state index in [-0.39, 0.29) is 18.2 Å². The number of hydrogen-bond donors (Lipinski definition) is 5. The second kappa shape index (κ2) is 10.4. The van der Waals surface area contributed by atoms with Gasteiger partial charge in [0.05, 0.1) is 6.54 Å². The van der Waals surface area contributed by atoms with Gasteiger partial charge in [-0.1, -0.05) is 13.8 Å². The fourth-order valence-electron chi connectivity index (χ4n) is 2.90. The summed E-state index contributed by atoms with van der Waals surface area (Å²) in [6, 6.07) is -2.64. The van der Waals surface area contributed by atoms with Crippen molar-refractivity contribution >= 4 is 36.3 Å². The van der Waals surface area contributed by atoms with Crippen molar-refractivity contribution in [2.75, 3.05) is 18.8 Å². The summed E-state index contributed by atoms with van der Waals surface area (Å²) in [5, 5.41) is 14.3. The fraction of sp³-hybridized carbons (Fsp3) is 0.750. The second-order valence-electron chi connectivity index (χ2n) is 6.73. The Bertz CT molecular complexity index is 543. The highest BCUT2D eigenvalue weighted by Crippen LogP contribution is 2.19. The van der Waals surface area contributed by atoms with Gasteiger partial charge in [0.15, 0.2) is 0 Å². The van der Waals surface area contributed by atoms with Crippen LogP contribution in [0.5, 0.6) is 0 Å². The third-order valence-electron chi connectivity index (χ3n) is 4.16. The monoisotopic (exact) mass is 388 g/mol. The highest BCUT2D eigenvalue weighted by atomic mass is 32.1. The molecule has 0 aromatic carbocycles. The van der Waals surface area contributed by atoms with Gasteiger partial charge in [0.2, 0.25) is 17.7 Å². The van der Waals surface area contributed by atoms with Crippen molar-refractivity contribution in [2.24, 2.45) is 11.7 Å². The number of carboxylic acid groups (broad SMARTS) is 1. The minimum Gasteiger partial charge on any atom is -0.480 e. The molecule has 3 unspecified atom stereocenters. The van der Waals surface area contributed by atoms with E-state index in [0.717, 1.165) is 0 Å². The van der Waals surface area contributed by atoms with Gasteiger partial charge in [-0.2, -0.15) is 12.6 Å². The van der Waals surface area contributed by atoms with Crippen LogP contribution in [0.4, 0.5) is 0 Å². The number of carbonyl (C=O) groups is 4. The molecule has 0 radical (unpaired) electrons. The molecule has 9 nitrogen and oxygen atoms in total. The lowest BCUT2D eigenvalue weighted by atomic mass is 10.0. The van der Waals surface area contributed by atoms with E-state index in [4.69, 9.17) is 5.73 Å². The number of nitrogens with one attached hydrogen (secondary N) is 2. The molecule has 5 N–H and O–H groups in total. The van der Waals surface area contributed by atoms with Gasteiger partial charge in [-0.3, -0.25) is 14.4 Å². The molecule has 1 fully saturated rings. The predicted molar refractivity (Wildman–Crippen MR) is 98.6 cm³/mol. The van der Waals surface area contributed by atoms with Crippen LogP contribution in [-0.2, 0) is 19.2 Å². The number of amides is 3. The van der Waals surface area contributed by atoms with Gasteiger partial charge in [0.25, 0.3) is 0 Å². The number of nitrogens with two attached hydrogens (primary N) is 1. The average molecular weight is 388 g/mol. The third-order valence-corrected chi connectivity index (χ3v) is 4.53. The van der Waals surface area contributed by atoms with Gasteiger partial charge in [-0.25, -0.2) is 4.79 Å². The number of likely N-dealkylation sites (tertiary alicyclic amines) is 1. The first-order chi connectivity index (χ1) is 12.2. The molecule has 1 saturated heterocycles. The summed E-state index contributed by atoms with van der Waals surface area (Å²) in [5.74, 6) is -2.34. The SMILES string of the molecule is CC(C)CC(NC(=O)C1CCCN1C(=O)C(CS)NC(=O)CN)C(=O)O. The van der Waals surface area contributed by atoms with Crippen molar-refractivity contribution in [1.82, 2.24) is 15.5 Å². The predicted octanol–water partition coefficient (Wildman–Crippen LogP) is -1.03. The molecule has 3 amide bonds. The van der Waals surface area contributed by atoms with Gasteiger partial charge >= 0.3 is 5.97 Å². The zero-order chi connectivity index (χ0) is 19.9. The molecule has 1 heterocycles. The topological polar surface area (TPSA) is 142 Å². The van der Waals surface area contributed by atoms with Crippen LogP contribution < -0.4 is 16.4 Å². The zero-order valence-electron chi connectivity index (χ0n) is 15.1. The molecule has 1 aliphatic rings. The van der Waals surface area contributed by atoms with Gasteiger partial charge < -0.3 is 26.4 Å². The maximum absolute atomic E-state index is 12.7. The average Bonchev–Trinajstić information content (AvgIpc) is 3.07. The zero-order valence-corrected chi connectivity index (χ0v) is 16.0. The van der Waals surface area contributed by atoms with E-state index in [1.54, 1.807) is 0 Å². The first kappa shape index (κ1) is 22.2. The molecule has 1 rings (SSSR count). The first-order valence-corrected chi connectivity index (χ1v) is 9.28. The minimum absolute atomic E-state index is 0.0700. The normalized spacial score (nSPS) is 19.1. The smallest absolute Gasteiger partial charge is 0.326 e. The number of carbonyl (C=O) groups excluding carboxylic acids is 3. The van der Waals surface area contributed by atoms with E-state index in [0.29, 0.717) is 25.8 Å². The molecule has 0 aromatic heterocycles. The first-order valence-electron chi connectivity index (χ1n) is 8.65. The summed E-state index contributed by atoms with van der Waals surface area (Å²) in [7, 11) is 0. The molecule has 0 aromatic rings. The van der Waals surface area contributed by atoms with E-state index in [2.05, 4.69) is 23.3 Å². The molecule has 1 aliphatic heterocycles. The van der Waals surface area contributed by atoms with Crippen LogP contribution >= 0.6 is 12.6 Å². The summed E-state index contributed by atoms with van der Waals surface area (Å²) in [5.41, 5.74) is 5.25. The summed E-state index contributed by atoms with van der Waals surface area (Å²) in [6.45, 7) is 3.84. The van der Waals surface area contributed by atoms with Crippen LogP contribution in [0.1, 0.15) is 33.1 Å². The standard InChI is InChI=1S/C16H28N4O5S/c1-9(2)6-10(16(24)25)19-14(22)12-4-3-5-20(12)15(23)11(8-26)18-13(21)7-17/h9-12,26H,3-8,17H2,1-2H3,(H,18,21)(H,19,22)(H,24,25). The van der Waals surface area contributed by atoms with Crippen LogP contribution in [-0.4, -0.2) is 70.7 Å². The van der Waals surface area contributed by atoms with Crippen LogP contribution in [0, 0.1) is 5.92 Å². The summed E-state index contributed by atoms with van der Waals surface area (Å²) in [4.78, 5) is 49.4. The number of aliphatic carboxylic acids is 1. The number of hydrogen-bond acceptors (Lipinski definition) is 6. The highest BCUT2D eigenvalue weighted by molar-refractivity contribution is 7.80. The third kappa shape index (κ3) is 6.17. The molecular formula is C16H28N4O5S. The molecule has 0 bridgehead atoms. The lowest BCUT2D eigenvalue weighted by Gasteiger charge is -2.29. The van der Waals surface area contributed by atoms with Crippen molar-refractivity contribution in [3.05, 3.63) is 0 Å². The Morgan fingerprint density at radius 2 is 1.88 bits per heavy atom. The lowest BCUT2D eigenvalue weighted by molar-refractivity contribution is -0.145. The maximum atomic E-state index is 12.7. The molecule has 3 atom stereocenters. The largest absolute Gasteiger partial charge is 0.480 e. The van der Waals surface area contributed by atoms with Crippen molar-refractivity contribution in [2.45, 2.75) is 51.2 Å². The van der Waals surface area contributed by atoms with Crippen molar-refractivity contribution in [1.29, 1.82) is 0 Å². The number of rotatable bonds is 9. The molecule has 0 spiro atoms. The summed E-state index contributed by atoms with van der Waals surface area (Å²) < 4.78 is 0. The van der Waals surface area contributed by atoms with E-state index >= 15 is 0 Å². The van der Waals surface area contributed by atoms with Crippen LogP contribution in [0.2, 0.25) is 0 Å². The highest BCUT2D eigenvalue weighted by Gasteiger charge is 2.38. The molecule has 26 heavy (non-hydrogen) atoms. The Kier molecular flexibility index (Phi) is 8.86. The van der Waals surface area contributed by atoms with E-state index in [1.807, 2.05) is 13.8 Å². The maximum Gasteiger partial charge on any atom is 0.326 e. The van der Waals surface area contributed by atoms with E-state index in [9.17, 15) is 24.3 Å². The molecule has 0 aliphatic carbocycles. The van der Waals surface area contributed by atoms with E-state index in [1.165, 1.54) is 4.90 Å². The Hall–Kier alpha value is -1.81.